The van der Waals surface area contributed by atoms with Crippen LogP contribution in [0.4, 0.5) is 8.78 Å². The minimum absolute atomic E-state index is 0.0550. The van der Waals surface area contributed by atoms with Gasteiger partial charge >= 0.3 is 0 Å². The zero-order valence-electron chi connectivity index (χ0n) is 11.8. The third-order valence-corrected chi connectivity index (χ3v) is 3.77. The SMILES string of the molecule is COCCN(C1CC1)C(CN)c1ccc(C(F)F)cc1. The first-order valence-electron chi connectivity index (χ1n) is 7.00. The summed E-state index contributed by atoms with van der Waals surface area (Å²) in [5.41, 5.74) is 6.97. The molecule has 1 aliphatic rings. The molecule has 112 valence electrons. The molecule has 2 N–H and O–H groups in total. The highest BCUT2D eigenvalue weighted by Crippen LogP contribution is 2.34. The molecule has 1 atom stereocenters. The van der Waals surface area contributed by atoms with E-state index in [0.717, 1.165) is 12.1 Å². The highest BCUT2D eigenvalue weighted by Gasteiger charge is 2.33. The van der Waals surface area contributed by atoms with Crippen LogP contribution in [0.3, 0.4) is 0 Å². The van der Waals surface area contributed by atoms with Gasteiger partial charge in [0.1, 0.15) is 0 Å². The van der Waals surface area contributed by atoms with Crippen LogP contribution < -0.4 is 5.73 Å². The molecule has 0 amide bonds. The molecule has 1 unspecified atom stereocenters. The number of nitrogens with two attached hydrogens (primary N) is 1. The molecule has 2 rings (SSSR count). The molecule has 1 aromatic rings. The van der Waals surface area contributed by atoms with E-state index < -0.39 is 6.43 Å². The first kappa shape index (κ1) is 15.4. The molecule has 0 aromatic heterocycles. The third-order valence-electron chi connectivity index (χ3n) is 3.77. The van der Waals surface area contributed by atoms with Crippen LogP contribution in [-0.4, -0.2) is 37.7 Å². The second-order valence-corrected chi connectivity index (χ2v) is 5.18. The molecule has 0 radical (unpaired) electrons. The Labute approximate surface area is 118 Å². The van der Waals surface area contributed by atoms with E-state index in [1.807, 2.05) is 0 Å². The Balaban J connectivity index is 2.12. The summed E-state index contributed by atoms with van der Waals surface area (Å²) >= 11 is 0. The lowest BCUT2D eigenvalue weighted by molar-refractivity contribution is 0.115. The van der Waals surface area contributed by atoms with Crippen molar-refractivity contribution in [2.24, 2.45) is 5.73 Å². The van der Waals surface area contributed by atoms with E-state index >= 15 is 0 Å². The van der Waals surface area contributed by atoms with E-state index in [0.29, 0.717) is 19.2 Å². The molecular weight excluding hydrogens is 262 g/mol. The zero-order chi connectivity index (χ0) is 14.5. The summed E-state index contributed by atoms with van der Waals surface area (Å²) in [4.78, 5) is 2.33. The number of hydrogen-bond donors (Lipinski definition) is 1. The van der Waals surface area contributed by atoms with Gasteiger partial charge in [0.15, 0.2) is 0 Å². The van der Waals surface area contributed by atoms with Crippen molar-refractivity contribution < 1.29 is 13.5 Å². The first-order valence-corrected chi connectivity index (χ1v) is 7.00. The summed E-state index contributed by atoms with van der Waals surface area (Å²) < 4.78 is 30.3. The number of methoxy groups -OCH3 is 1. The molecule has 1 saturated carbocycles. The van der Waals surface area contributed by atoms with E-state index in [9.17, 15) is 8.78 Å². The third kappa shape index (κ3) is 3.75. The van der Waals surface area contributed by atoms with Crippen LogP contribution >= 0.6 is 0 Å². The topological polar surface area (TPSA) is 38.5 Å². The Morgan fingerprint density at radius 1 is 1.25 bits per heavy atom. The van der Waals surface area contributed by atoms with Gasteiger partial charge < -0.3 is 10.5 Å². The maximum atomic E-state index is 12.6. The number of halogens is 2. The van der Waals surface area contributed by atoms with Crippen LogP contribution in [0.1, 0.15) is 36.4 Å². The summed E-state index contributed by atoms with van der Waals surface area (Å²) in [6, 6.07) is 7.13. The molecule has 0 aliphatic heterocycles. The van der Waals surface area contributed by atoms with Crippen LogP contribution in [-0.2, 0) is 4.74 Å². The number of benzene rings is 1. The summed E-state index contributed by atoms with van der Waals surface area (Å²) in [5, 5.41) is 0. The van der Waals surface area contributed by atoms with Gasteiger partial charge in [-0.3, -0.25) is 4.90 Å². The average Bonchev–Trinajstić information content (AvgIpc) is 3.28. The fourth-order valence-electron chi connectivity index (χ4n) is 2.52. The van der Waals surface area contributed by atoms with E-state index in [2.05, 4.69) is 4.90 Å². The van der Waals surface area contributed by atoms with Crippen LogP contribution in [0.5, 0.6) is 0 Å². The number of hydrogen-bond acceptors (Lipinski definition) is 3. The van der Waals surface area contributed by atoms with Crippen LogP contribution in [0.25, 0.3) is 0 Å². The largest absolute Gasteiger partial charge is 0.383 e. The lowest BCUT2D eigenvalue weighted by Crippen LogP contribution is -2.37. The highest BCUT2D eigenvalue weighted by molar-refractivity contribution is 5.26. The van der Waals surface area contributed by atoms with Crippen molar-refractivity contribution in [3.8, 4) is 0 Å². The lowest BCUT2D eigenvalue weighted by Gasteiger charge is -2.31. The summed E-state index contributed by atoms with van der Waals surface area (Å²) in [7, 11) is 1.68. The Bertz CT molecular complexity index is 407. The fraction of sp³-hybridized carbons (Fsp3) is 0.600. The molecular formula is C15H22F2N2O. The van der Waals surface area contributed by atoms with Crippen molar-refractivity contribution in [3.05, 3.63) is 35.4 Å². The monoisotopic (exact) mass is 284 g/mol. The minimum atomic E-state index is -2.42. The standard InChI is InChI=1S/C15H22F2N2O/c1-20-9-8-19(13-6-7-13)14(10-18)11-2-4-12(5-3-11)15(16)17/h2-5,13-15H,6-10,18H2,1H3. The zero-order valence-corrected chi connectivity index (χ0v) is 11.8. The second-order valence-electron chi connectivity index (χ2n) is 5.18. The van der Waals surface area contributed by atoms with Crippen molar-refractivity contribution in [2.75, 3.05) is 26.8 Å². The van der Waals surface area contributed by atoms with Gasteiger partial charge in [0.2, 0.25) is 0 Å². The molecule has 0 spiro atoms. The number of alkyl halides is 2. The normalized spacial score (nSPS) is 16.9. The number of ether oxygens (including phenoxy) is 1. The molecule has 1 aliphatic carbocycles. The molecule has 20 heavy (non-hydrogen) atoms. The molecule has 1 aromatic carbocycles. The van der Waals surface area contributed by atoms with Gasteiger partial charge in [-0.2, -0.15) is 0 Å². The van der Waals surface area contributed by atoms with Crippen LogP contribution in [0, 0.1) is 0 Å². The molecule has 5 heteroatoms. The fourth-order valence-corrected chi connectivity index (χ4v) is 2.52. The van der Waals surface area contributed by atoms with Crippen LogP contribution in [0.2, 0.25) is 0 Å². The van der Waals surface area contributed by atoms with Gasteiger partial charge in [0, 0.05) is 37.8 Å². The first-order chi connectivity index (χ1) is 9.67. The number of nitrogens with zero attached hydrogens (tertiary/aromatic N) is 1. The molecule has 3 nitrogen and oxygen atoms in total. The predicted molar refractivity (Wildman–Crippen MR) is 74.8 cm³/mol. The van der Waals surface area contributed by atoms with E-state index in [4.69, 9.17) is 10.5 Å². The maximum Gasteiger partial charge on any atom is 0.263 e. The predicted octanol–water partition coefficient (Wildman–Crippen LogP) is 2.73. The smallest absolute Gasteiger partial charge is 0.263 e. The van der Waals surface area contributed by atoms with Crippen LogP contribution in [0.15, 0.2) is 24.3 Å². The van der Waals surface area contributed by atoms with E-state index in [1.54, 1.807) is 19.2 Å². The Morgan fingerprint density at radius 2 is 1.85 bits per heavy atom. The summed E-state index contributed by atoms with van der Waals surface area (Å²) in [6.45, 7) is 1.95. The average molecular weight is 284 g/mol. The van der Waals surface area contributed by atoms with E-state index in [-0.39, 0.29) is 11.6 Å². The summed E-state index contributed by atoms with van der Waals surface area (Å²) in [5.74, 6) is 0. The minimum Gasteiger partial charge on any atom is -0.383 e. The Kier molecular flexibility index (Phi) is 5.46. The van der Waals surface area contributed by atoms with Gasteiger partial charge in [-0.25, -0.2) is 8.78 Å². The molecule has 0 bridgehead atoms. The van der Waals surface area contributed by atoms with Gasteiger partial charge in [-0.15, -0.1) is 0 Å². The van der Waals surface area contributed by atoms with Crippen molar-refractivity contribution in [1.82, 2.24) is 4.90 Å². The van der Waals surface area contributed by atoms with E-state index in [1.165, 1.54) is 25.0 Å². The summed E-state index contributed by atoms with van der Waals surface area (Å²) in [6.07, 6.45) is -0.0709. The van der Waals surface area contributed by atoms with Crippen molar-refractivity contribution >= 4 is 0 Å². The molecule has 0 saturated heterocycles. The van der Waals surface area contributed by atoms with Gasteiger partial charge in [-0.05, 0) is 18.4 Å². The lowest BCUT2D eigenvalue weighted by atomic mass is 10.0. The van der Waals surface area contributed by atoms with Gasteiger partial charge in [-0.1, -0.05) is 24.3 Å². The van der Waals surface area contributed by atoms with Crippen molar-refractivity contribution in [1.29, 1.82) is 0 Å². The van der Waals surface area contributed by atoms with Gasteiger partial charge in [0.25, 0.3) is 6.43 Å². The number of rotatable bonds is 8. The maximum absolute atomic E-state index is 12.6. The van der Waals surface area contributed by atoms with Crippen molar-refractivity contribution in [3.63, 3.8) is 0 Å². The Morgan fingerprint density at radius 3 is 2.30 bits per heavy atom. The Hall–Kier alpha value is -1.04. The molecule has 1 fully saturated rings. The second kappa shape index (κ2) is 7.11. The van der Waals surface area contributed by atoms with Gasteiger partial charge in [0.05, 0.1) is 6.61 Å². The van der Waals surface area contributed by atoms with Crippen molar-refractivity contribution in [2.45, 2.75) is 31.4 Å². The molecule has 0 heterocycles. The quantitative estimate of drug-likeness (QED) is 0.797. The highest BCUT2D eigenvalue weighted by atomic mass is 19.3.